The molecule has 2 aliphatic rings. The van der Waals surface area contributed by atoms with E-state index in [0.717, 1.165) is 59.6 Å². The highest BCUT2D eigenvalue weighted by atomic mass is 16.5. The van der Waals surface area contributed by atoms with Gasteiger partial charge in [-0.2, -0.15) is 10.1 Å². The summed E-state index contributed by atoms with van der Waals surface area (Å²) in [7, 11) is 0. The van der Waals surface area contributed by atoms with Gasteiger partial charge in [0.05, 0.1) is 13.2 Å². The van der Waals surface area contributed by atoms with Crippen LogP contribution in [-0.2, 0) is 11.2 Å². The lowest BCUT2D eigenvalue weighted by molar-refractivity contribution is 0.122. The van der Waals surface area contributed by atoms with Crippen LogP contribution >= 0.6 is 0 Å². The zero-order valence-corrected chi connectivity index (χ0v) is 17.8. The number of anilines is 3. The second-order valence-electron chi connectivity index (χ2n) is 8.44. The highest BCUT2D eigenvalue weighted by Gasteiger charge is 2.22. The number of hydrogen-bond donors (Lipinski definition) is 2. The zero-order valence-electron chi connectivity index (χ0n) is 17.8. The molecule has 1 saturated heterocycles. The SMILES string of the molecule is c1cc(-c2cc3nc(Nc4cc(CC5CCC5)[nH]n4)nc(N4CCOCC4)c3o2)ccn1. The molecule has 0 radical (unpaired) electrons. The van der Waals surface area contributed by atoms with E-state index in [1.165, 1.54) is 19.3 Å². The Balaban J connectivity index is 1.34. The van der Waals surface area contributed by atoms with E-state index in [0.29, 0.717) is 24.7 Å². The first kappa shape index (κ1) is 19.2. The van der Waals surface area contributed by atoms with Crippen molar-refractivity contribution in [2.45, 2.75) is 25.7 Å². The molecule has 32 heavy (non-hydrogen) atoms. The van der Waals surface area contributed by atoms with Crippen LogP contribution < -0.4 is 10.2 Å². The molecule has 0 spiro atoms. The molecule has 9 heteroatoms. The number of ether oxygens (including phenoxy) is 1. The molecule has 1 aliphatic carbocycles. The highest BCUT2D eigenvalue weighted by molar-refractivity contribution is 5.89. The molecule has 9 nitrogen and oxygen atoms in total. The van der Waals surface area contributed by atoms with Gasteiger partial charge in [-0.05, 0) is 24.5 Å². The molecule has 6 rings (SSSR count). The van der Waals surface area contributed by atoms with E-state index in [1.807, 2.05) is 18.2 Å². The van der Waals surface area contributed by atoms with Gasteiger partial charge in [-0.25, -0.2) is 4.98 Å². The van der Waals surface area contributed by atoms with Gasteiger partial charge in [0.2, 0.25) is 5.95 Å². The number of pyridine rings is 1. The van der Waals surface area contributed by atoms with Crippen LogP contribution in [0.25, 0.3) is 22.4 Å². The van der Waals surface area contributed by atoms with Gasteiger partial charge in [-0.1, -0.05) is 19.3 Å². The monoisotopic (exact) mass is 431 g/mol. The fourth-order valence-corrected chi connectivity index (χ4v) is 4.27. The molecule has 0 unspecified atom stereocenters. The van der Waals surface area contributed by atoms with Crippen LogP contribution in [-0.4, -0.2) is 51.5 Å². The number of morpholine rings is 1. The molecule has 4 aromatic heterocycles. The summed E-state index contributed by atoms with van der Waals surface area (Å²) in [4.78, 5) is 15.8. The quantitative estimate of drug-likeness (QED) is 0.473. The molecule has 4 aromatic rings. The lowest BCUT2D eigenvalue weighted by Crippen LogP contribution is -2.37. The second kappa shape index (κ2) is 8.23. The summed E-state index contributed by atoms with van der Waals surface area (Å²) in [6, 6.07) is 7.85. The number of fused-ring (bicyclic) bond motifs is 1. The van der Waals surface area contributed by atoms with E-state index < -0.39 is 0 Å². The summed E-state index contributed by atoms with van der Waals surface area (Å²) in [5.74, 6) is 3.52. The molecule has 1 aliphatic heterocycles. The number of H-pyrrole nitrogens is 1. The van der Waals surface area contributed by atoms with Gasteiger partial charge in [0, 0.05) is 48.9 Å². The summed E-state index contributed by atoms with van der Waals surface area (Å²) in [5.41, 5.74) is 3.53. The Bertz CT molecular complexity index is 1210. The van der Waals surface area contributed by atoms with Gasteiger partial charge in [-0.3, -0.25) is 10.1 Å². The lowest BCUT2D eigenvalue weighted by atomic mass is 9.82. The Morgan fingerprint density at radius 2 is 1.94 bits per heavy atom. The van der Waals surface area contributed by atoms with Crippen molar-refractivity contribution in [3.63, 3.8) is 0 Å². The van der Waals surface area contributed by atoms with E-state index in [2.05, 4.69) is 31.5 Å². The first-order chi connectivity index (χ1) is 15.8. The van der Waals surface area contributed by atoms with Crippen LogP contribution in [0.3, 0.4) is 0 Å². The first-order valence-corrected chi connectivity index (χ1v) is 11.2. The van der Waals surface area contributed by atoms with E-state index in [9.17, 15) is 0 Å². The Morgan fingerprint density at radius 1 is 1.09 bits per heavy atom. The molecule has 2 N–H and O–H groups in total. The summed E-state index contributed by atoms with van der Waals surface area (Å²) in [6.45, 7) is 2.84. The normalized spacial score (nSPS) is 16.9. The molecule has 164 valence electrons. The Morgan fingerprint density at radius 3 is 2.72 bits per heavy atom. The molecule has 5 heterocycles. The van der Waals surface area contributed by atoms with Gasteiger partial charge in [0.25, 0.3) is 0 Å². The number of hydrogen-bond acceptors (Lipinski definition) is 8. The predicted octanol–water partition coefficient (Wildman–Crippen LogP) is 3.93. The molecular weight excluding hydrogens is 406 g/mol. The third-order valence-corrected chi connectivity index (χ3v) is 6.23. The highest BCUT2D eigenvalue weighted by Crippen LogP contribution is 2.34. The Kier molecular flexibility index (Phi) is 4.95. The third-order valence-electron chi connectivity index (χ3n) is 6.23. The van der Waals surface area contributed by atoms with Crippen molar-refractivity contribution in [2.24, 2.45) is 5.92 Å². The smallest absolute Gasteiger partial charge is 0.231 e. The average molecular weight is 432 g/mol. The molecule has 1 saturated carbocycles. The maximum absolute atomic E-state index is 6.23. The van der Waals surface area contributed by atoms with Crippen molar-refractivity contribution in [3.05, 3.63) is 42.4 Å². The number of rotatable bonds is 6. The number of furan rings is 1. The van der Waals surface area contributed by atoms with E-state index in [4.69, 9.17) is 19.1 Å². The van der Waals surface area contributed by atoms with Crippen molar-refractivity contribution in [3.8, 4) is 11.3 Å². The first-order valence-electron chi connectivity index (χ1n) is 11.2. The fourth-order valence-electron chi connectivity index (χ4n) is 4.27. The minimum absolute atomic E-state index is 0.503. The second-order valence-corrected chi connectivity index (χ2v) is 8.44. The maximum Gasteiger partial charge on any atom is 0.231 e. The Labute approximate surface area is 185 Å². The summed E-state index contributed by atoms with van der Waals surface area (Å²) < 4.78 is 11.8. The number of nitrogens with zero attached hydrogens (tertiary/aromatic N) is 5. The van der Waals surface area contributed by atoms with Crippen LogP contribution in [0.4, 0.5) is 17.6 Å². The predicted molar refractivity (Wildman–Crippen MR) is 121 cm³/mol. The lowest BCUT2D eigenvalue weighted by Gasteiger charge is -2.27. The summed E-state index contributed by atoms with van der Waals surface area (Å²) in [6.07, 6.45) is 8.51. The van der Waals surface area contributed by atoms with Gasteiger partial charge in [0.1, 0.15) is 11.3 Å². The Hall–Kier alpha value is -3.46. The molecule has 2 fully saturated rings. The number of aromatic nitrogens is 5. The topological polar surface area (TPSA) is 105 Å². The van der Waals surface area contributed by atoms with E-state index in [-0.39, 0.29) is 0 Å². The van der Waals surface area contributed by atoms with E-state index >= 15 is 0 Å². The zero-order chi connectivity index (χ0) is 21.3. The van der Waals surface area contributed by atoms with Crippen LogP contribution in [0.2, 0.25) is 0 Å². The van der Waals surface area contributed by atoms with Gasteiger partial charge in [-0.15, -0.1) is 0 Å². The van der Waals surface area contributed by atoms with Crippen molar-refractivity contribution in [1.29, 1.82) is 0 Å². The molecule has 0 bridgehead atoms. The minimum atomic E-state index is 0.503. The molecule has 0 atom stereocenters. The van der Waals surface area contributed by atoms with Crippen molar-refractivity contribution < 1.29 is 9.15 Å². The van der Waals surface area contributed by atoms with Crippen LogP contribution in [0, 0.1) is 5.92 Å². The standard InChI is InChI=1S/C23H25N7O2/c1-2-15(3-1)12-17-13-20(29-28-17)26-23-25-18-14-19(16-4-6-24-7-5-16)32-21(18)22(27-23)30-8-10-31-11-9-30/h4-7,13-15H,1-3,8-12H2,(H2,25,26,27,28,29). The molecule has 0 amide bonds. The van der Waals surface area contributed by atoms with Crippen molar-refractivity contribution in [1.82, 2.24) is 25.1 Å². The van der Waals surface area contributed by atoms with Gasteiger partial charge in [0.15, 0.2) is 17.2 Å². The van der Waals surface area contributed by atoms with Crippen LogP contribution in [0.1, 0.15) is 25.0 Å². The summed E-state index contributed by atoms with van der Waals surface area (Å²) >= 11 is 0. The minimum Gasteiger partial charge on any atom is -0.450 e. The largest absolute Gasteiger partial charge is 0.450 e. The van der Waals surface area contributed by atoms with Crippen LogP contribution in [0.5, 0.6) is 0 Å². The third kappa shape index (κ3) is 3.80. The molecular formula is C23H25N7O2. The van der Waals surface area contributed by atoms with Crippen molar-refractivity contribution >= 4 is 28.7 Å². The maximum atomic E-state index is 6.23. The van der Waals surface area contributed by atoms with Gasteiger partial charge < -0.3 is 19.4 Å². The fraction of sp³-hybridized carbons (Fsp3) is 0.391. The summed E-state index contributed by atoms with van der Waals surface area (Å²) in [5, 5.41) is 10.8. The average Bonchev–Trinajstić information content (AvgIpc) is 3.44. The van der Waals surface area contributed by atoms with Crippen molar-refractivity contribution in [2.75, 3.05) is 36.5 Å². The van der Waals surface area contributed by atoms with Gasteiger partial charge >= 0.3 is 0 Å². The van der Waals surface area contributed by atoms with Crippen LogP contribution in [0.15, 0.2) is 41.1 Å². The number of nitrogens with one attached hydrogen (secondary N) is 2. The molecule has 0 aromatic carbocycles. The number of aromatic amines is 1. The van der Waals surface area contributed by atoms with E-state index in [1.54, 1.807) is 12.4 Å².